The molecular weight excluding hydrogens is 356 g/mol. The Morgan fingerprint density at radius 1 is 1.10 bits per heavy atom. The van der Waals surface area contributed by atoms with Crippen LogP contribution in [-0.4, -0.2) is 20.0 Å². The fourth-order valence-corrected chi connectivity index (χ4v) is 2.96. The predicted octanol–water partition coefficient (Wildman–Crippen LogP) is 4.66. The van der Waals surface area contributed by atoms with Gasteiger partial charge in [-0.25, -0.2) is 0 Å². The van der Waals surface area contributed by atoms with Gasteiger partial charge in [0.1, 0.15) is 11.5 Å². The number of rotatable bonds is 4. The predicted molar refractivity (Wildman–Crippen MR) is 86.9 cm³/mol. The molecule has 0 fully saturated rings. The van der Waals surface area contributed by atoms with Crippen LogP contribution in [0.25, 0.3) is 0 Å². The smallest absolute Gasteiger partial charge is 0.197 e. The van der Waals surface area contributed by atoms with Crippen molar-refractivity contribution in [1.29, 1.82) is 0 Å². The standard InChI is InChI=1S/C16H14BrClO3/c1-9-4-10(6-11(18)5-9)16(19)15-13(17)7-12(20-2)8-14(15)21-3/h4-8H,1-3H3. The Kier molecular flexibility index (Phi) is 4.91. The summed E-state index contributed by atoms with van der Waals surface area (Å²) < 4.78 is 11.1. The van der Waals surface area contributed by atoms with Gasteiger partial charge in [0, 0.05) is 21.1 Å². The number of carbonyl (C=O) groups is 1. The van der Waals surface area contributed by atoms with Crippen molar-refractivity contribution in [3.8, 4) is 11.5 Å². The lowest BCUT2D eigenvalue weighted by molar-refractivity contribution is 0.103. The van der Waals surface area contributed by atoms with E-state index in [1.54, 1.807) is 37.4 Å². The topological polar surface area (TPSA) is 35.5 Å². The fourth-order valence-electron chi connectivity index (χ4n) is 2.07. The van der Waals surface area contributed by atoms with Crippen molar-refractivity contribution in [2.45, 2.75) is 6.92 Å². The number of carbonyl (C=O) groups excluding carboxylic acids is 1. The molecule has 0 aliphatic heterocycles. The van der Waals surface area contributed by atoms with Crippen LogP contribution >= 0.6 is 27.5 Å². The van der Waals surface area contributed by atoms with Crippen LogP contribution < -0.4 is 9.47 Å². The van der Waals surface area contributed by atoms with Gasteiger partial charge in [0.15, 0.2) is 5.78 Å². The Balaban J connectivity index is 2.57. The molecule has 5 heteroatoms. The number of ketones is 1. The largest absolute Gasteiger partial charge is 0.497 e. The minimum Gasteiger partial charge on any atom is -0.497 e. The van der Waals surface area contributed by atoms with Gasteiger partial charge in [0.25, 0.3) is 0 Å². The number of hydrogen-bond donors (Lipinski definition) is 0. The molecule has 21 heavy (non-hydrogen) atoms. The van der Waals surface area contributed by atoms with Gasteiger partial charge in [-0.05, 0) is 52.7 Å². The summed E-state index contributed by atoms with van der Waals surface area (Å²) in [5.74, 6) is 0.897. The molecule has 0 aliphatic rings. The van der Waals surface area contributed by atoms with Gasteiger partial charge >= 0.3 is 0 Å². The normalized spacial score (nSPS) is 10.3. The summed E-state index contributed by atoms with van der Waals surface area (Å²) >= 11 is 9.43. The number of aryl methyl sites for hydroxylation is 1. The van der Waals surface area contributed by atoms with Gasteiger partial charge in [-0.15, -0.1) is 0 Å². The molecule has 0 aliphatic carbocycles. The molecule has 0 unspecified atom stereocenters. The molecule has 0 bridgehead atoms. The van der Waals surface area contributed by atoms with Crippen molar-refractivity contribution in [2.75, 3.05) is 14.2 Å². The second-order valence-electron chi connectivity index (χ2n) is 4.53. The average molecular weight is 370 g/mol. The van der Waals surface area contributed by atoms with Crippen LogP contribution in [0.3, 0.4) is 0 Å². The lowest BCUT2D eigenvalue weighted by Gasteiger charge is -2.12. The molecule has 0 amide bonds. The minimum absolute atomic E-state index is 0.160. The van der Waals surface area contributed by atoms with Gasteiger partial charge < -0.3 is 9.47 Å². The van der Waals surface area contributed by atoms with Crippen LogP contribution in [-0.2, 0) is 0 Å². The van der Waals surface area contributed by atoms with E-state index in [-0.39, 0.29) is 5.78 Å². The van der Waals surface area contributed by atoms with Gasteiger partial charge in [0.05, 0.1) is 19.8 Å². The average Bonchev–Trinajstić information content (AvgIpc) is 2.44. The highest BCUT2D eigenvalue weighted by atomic mass is 79.9. The number of benzene rings is 2. The van der Waals surface area contributed by atoms with E-state index in [1.807, 2.05) is 6.92 Å². The van der Waals surface area contributed by atoms with E-state index < -0.39 is 0 Å². The van der Waals surface area contributed by atoms with Crippen LogP contribution in [0.5, 0.6) is 11.5 Å². The Bertz CT molecular complexity index is 678. The van der Waals surface area contributed by atoms with Crippen molar-refractivity contribution < 1.29 is 14.3 Å². The van der Waals surface area contributed by atoms with Crippen molar-refractivity contribution >= 4 is 33.3 Å². The van der Waals surface area contributed by atoms with Crippen LogP contribution in [0.15, 0.2) is 34.8 Å². The second kappa shape index (κ2) is 6.50. The van der Waals surface area contributed by atoms with Gasteiger partial charge in [-0.1, -0.05) is 11.6 Å². The van der Waals surface area contributed by atoms with E-state index in [4.69, 9.17) is 21.1 Å². The summed E-state index contributed by atoms with van der Waals surface area (Å²) in [6, 6.07) is 8.65. The molecule has 0 atom stereocenters. The lowest BCUT2D eigenvalue weighted by atomic mass is 10.0. The third kappa shape index (κ3) is 3.39. The van der Waals surface area contributed by atoms with Gasteiger partial charge in [-0.2, -0.15) is 0 Å². The molecule has 2 rings (SSSR count). The highest BCUT2D eigenvalue weighted by Gasteiger charge is 2.20. The van der Waals surface area contributed by atoms with E-state index in [2.05, 4.69) is 15.9 Å². The zero-order valence-electron chi connectivity index (χ0n) is 11.9. The molecule has 0 aromatic heterocycles. The van der Waals surface area contributed by atoms with Crippen LogP contribution in [0.1, 0.15) is 21.5 Å². The number of methoxy groups -OCH3 is 2. The van der Waals surface area contributed by atoms with Crippen LogP contribution in [0, 0.1) is 6.92 Å². The minimum atomic E-state index is -0.160. The summed E-state index contributed by atoms with van der Waals surface area (Å²) in [7, 11) is 3.07. The molecule has 2 aromatic carbocycles. The highest BCUT2D eigenvalue weighted by Crippen LogP contribution is 2.34. The second-order valence-corrected chi connectivity index (χ2v) is 5.82. The van der Waals surface area contributed by atoms with Crippen molar-refractivity contribution in [1.82, 2.24) is 0 Å². The molecule has 3 nitrogen and oxygen atoms in total. The van der Waals surface area contributed by atoms with Crippen molar-refractivity contribution in [3.63, 3.8) is 0 Å². The monoisotopic (exact) mass is 368 g/mol. The summed E-state index contributed by atoms with van der Waals surface area (Å²) in [6.07, 6.45) is 0. The van der Waals surface area contributed by atoms with Crippen molar-refractivity contribution in [2.24, 2.45) is 0 Å². The molecule has 0 spiro atoms. The zero-order valence-corrected chi connectivity index (χ0v) is 14.2. The van der Waals surface area contributed by atoms with Crippen molar-refractivity contribution in [3.05, 3.63) is 56.5 Å². The molecule has 110 valence electrons. The summed E-state index contributed by atoms with van der Waals surface area (Å²) in [6.45, 7) is 1.89. The van der Waals surface area contributed by atoms with E-state index in [0.717, 1.165) is 5.56 Å². The Morgan fingerprint density at radius 3 is 2.38 bits per heavy atom. The third-order valence-corrected chi connectivity index (χ3v) is 3.86. The van der Waals surface area contributed by atoms with E-state index in [9.17, 15) is 4.79 Å². The van der Waals surface area contributed by atoms with Crippen LogP contribution in [0.2, 0.25) is 5.02 Å². The molecule has 0 saturated carbocycles. The first kappa shape index (κ1) is 15.9. The number of ether oxygens (including phenoxy) is 2. The molecule has 2 aromatic rings. The zero-order chi connectivity index (χ0) is 15.6. The third-order valence-electron chi connectivity index (χ3n) is 3.01. The maximum absolute atomic E-state index is 12.7. The molecular formula is C16H14BrClO3. The highest BCUT2D eigenvalue weighted by molar-refractivity contribution is 9.10. The van der Waals surface area contributed by atoms with Gasteiger partial charge in [0.2, 0.25) is 0 Å². The van der Waals surface area contributed by atoms with Gasteiger partial charge in [-0.3, -0.25) is 4.79 Å². The summed E-state index contributed by atoms with van der Waals surface area (Å²) in [5.41, 5.74) is 1.89. The Hall–Kier alpha value is -1.52. The SMILES string of the molecule is COc1cc(Br)c(C(=O)c2cc(C)cc(Cl)c2)c(OC)c1. The first-order chi connectivity index (χ1) is 9.96. The van der Waals surface area contributed by atoms with E-state index >= 15 is 0 Å². The maximum Gasteiger partial charge on any atom is 0.197 e. The Labute approximate surface area is 137 Å². The molecule has 0 heterocycles. The molecule has 0 N–H and O–H groups in total. The van der Waals surface area contributed by atoms with Crippen LogP contribution in [0.4, 0.5) is 0 Å². The van der Waals surface area contributed by atoms with E-state index in [1.165, 1.54) is 7.11 Å². The lowest BCUT2D eigenvalue weighted by Crippen LogP contribution is -2.06. The number of hydrogen-bond acceptors (Lipinski definition) is 3. The summed E-state index contributed by atoms with van der Waals surface area (Å²) in [4.78, 5) is 12.7. The van der Waals surface area contributed by atoms with E-state index in [0.29, 0.717) is 32.1 Å². The molecule has 0 saturated heterocycles. The Morgan fingerprint density at radius 2 is 1.81 bits per heavy atom. The first-order valence-electron chi connectivity index (χ1n) is 6.19. The summed E-state index contributed by atoms with van der Waals surface area (Å²) in [5, 5.41) is 0.530. The number of halogens is 2. The fraction of sp³-hybridized carbons (Fsp3) is 0.188. The first-order valence-corrected chi connectivity index (χ1v) is 7.36. The quantitative estimate of drug-likeness (QED) is 0.735. The molecule has 0 radical (unpaired) electrons. The maximum atomic E-state index is 12.7.